The first-order valence-electron chi connectivity index (χ1n) is 10.9. The summed E-state index contributed by atoms with van der Waals surface area (Å²) in [6, 6.07) is 0. The molecule has 0 spiro atoms. The zero-order chi connectivity index (χ0) is 22.4. The van der Waals surface area contributed by atoms with Gasteiger partial charge in [0.1, 0.15) is 6.10 Å². The molecule has 0 bridgehead atoms. The highest BCUT2D eigenvalue weighted by Crippen LogP contribution is 2.39. The predicted octanol–water partition coefficient (Wildman–Crippen LogP) is 1.98. The van der Waals surface area contributed by atoms with Crippen molar-refractivity contribution in [2.45, 2.75) is 76.2 Å². The Hall–Kier alpha value is -1.34. The Labute approximate surface area is 189 Å². The van der Waals surface area contributed by atoms with Crippen LogP contribution in [0, 0.1) is 11.8 Å². The first-order chi connectivity index (χ1) is 14.9. The summed E-state index contributed by atoms with van der Waals surface area (Å²) >= 11 is 0. The third kappa shape index (κ3) is 5.92. The van der Waals surface area contributed by atoms with Gasteiger partial charge in [0.25, 0.3) is 8.05 Å². The molecule has 0 amide bonds. The Morgan fingerprint density at radius 3 is 2.90 bits per heavy atom. The van der Waals surface area contributed by atoms with E-state index in [-0.39, 0.29) is 6.10 Å². The van der Waals surface area contributed by atoms with Crippen molar-refractivity contribution in [2.75, 3.05) is 12.8 Å². The minimum Gasteiger partial charge on any atom is -0.393 e. The largest absolute Gasteiger partial charge is 0.393 e. The summed E-state index contributed by atoms with van der Waals surface area (Å²) in [5.74, 6) is 6.91. The van der Waals surface area contributed by atoms with E-state index in [2.05, 4.69) is 25.2 Å². The number of nitrogens with one attached hydrogen (secondary N) is 1. The lowest BCUT2D eigenvalue weighted by Crippen LogP contribution is -2.40. The number of hydrogen-bond acceptors (Lipinski definition) is 6. The average molecular weight is 446 g/mol. The van der Waals surface area contributed by atoms with Crippen LogP contribution in [0.1, 0.15) is 46.0 Å². The van der Waals surface area contributed by atoms with Gasteiger partial charge in [0.15, 0.2) is 6.29 Å². The Kier molecular flexibility index (Phi) is 8.62. The second kappa shape index (κ2) is 11.0. The van der Waals surface area contributed by atoms with E-state index in [9.17, 15) is 10.2 Å². The van der Waals surface area contributed by atoms with Crippen LogP contribution >= 0.6 is 10.8 Å². The van der Waals surface area contributed by atoms with E-state index in [1.165, 1.54) is 0 Å². The van der Waals surface area contributed by atoms with Crippen LogP contribution in [0.15, 0.2) is 35.1 Å². The molecule has 1 radical (unpaired) electrons. The first kappa shape index (κ1) is 24.3. The summed E-state index contributed by atoms with van der Waals surface area (Å²) in [5, 5.41) is 27.2. The van der Waals surface area contributed by atoms with Gasteiger partial charge < -0.3 is 29.1 Å². The van der Waals surface area contributed by atoms with Crippen molar-refractivity contribution >= 4 is 24.2 Å². The van der Waals surface area contributed by atoms with Crippen molar-refractivity contribution in [3.8, 4) is 11.8 Å². The molecule has 0 saturated carbocycles. The van der Waals surface area contributed by atoms with Crippen LogP contribution in [0.25, 0.3) is 0 Å². The SMILES string of the molecule is [BH]OS1=CC(NC)=C2C(=CC1)C(O)(CC)CC/C=C\C#CC2O[C@H]1CC(O)CC(C)O1. The molecule has 8 heteroatoms. The van der Waals surface area contributed by atoms with Crippen molar-refractivity contribution in [1.82, 2.24) is 5.32 Å². The highest BCUT2D eigenvalue weighted by molar-refractivity contribution is 8.11. The van der Waals surface area contributed by atoms with Crippen LogP contribution in [0.4, 0.5) is 0 Å². The van der Waals surface area contributed by atoms with E-state index in [0.717, 1.165) is 23.3 Å². The second-order valence-electron chi connectivity index (χ2n) is 8.11. The zero-order valence-corrected chi connectivity index (χ0v) is 19.4. The minimum atomic E-state index is -1.03. The quantitative estimate of drug-likeness (QED) is 0.341. The molecule has 3 rings (SSSR count). The summed E-state index contributed by atoms with van der Waals surface area (Å²) in [6.45, 7) is 3.92. The lowest BCUT2D eigenvalue weighted by atomic mass is 9.79. The van der Waals surface area contributed by atoms with Crippen molar-refractivity contribution in [3.05, 3.63) is 35.1 Å². The van der Waals surface area contributed by atoms with Crippen molar-refractivity contribution < 1.29 is 23.8 Å². The fourth-order valence-electron chi connectivity index (χ4n) is 4.24. The van der Waals surface area contributed by atoms with Crippen LogP contribution < -0.4 is 5.32 Å². The Morgan fingerprint density at radius 1 is 1.42 bits per heavy atom. The standard InChI is InChI=1S/C23H33BNO5S/c1-4-23(27)11-8-6-5-7-9-20(29-21-14-17(26)13-16(2)28-21)22-18(23)10-12-31(30-24)15-19(22)25-3/h5-6,10,15-17,20-21,24-27H,4,8,11-14H2,1-3H3/b6-5-/t16?,17?,20?,21-,23?,31?/m0/s1. The van der Waals surface area contributed by atoms with Gasteiger partial charge in [0.05, 0.1) is 17.8 Å². The lowest BCUT2D eigenvalue weighted by molar-refractivity contribution is -0.216. The minimum absolute atomic E-state index is 0.104. The number of ether oxygens (including phenoxy) is 2. The maximum atomic E-state index is 11.7. The monoisotopic (exact) mass is 446 g/mol. The van der Waals surface area contributed by atoms with Gasteiger partial charge >= 0.3 is 0 Å². The Balaban J connectivity index is 2.12. The van der Waals surface area contributed by atoms with Crippen LogP contribution in [-0.2, 0) is 13.6 Å². The highest BCUT2D eigenvalue weighted by Gasteiger charge is 2.38. The first-order valence-corrected chi connectivity index (χ1v) is 12.3. The molecule has 1 saturated heterocycles. The maximum absolute atomic E-state index is 11.7. The molecule has 1 aliphatic carbocycles. The number of fused-ring (bicyclic) bond motifs is 1. The molecule has 1 fully saturated rings. The van der Waals surface area contributed by atoms with Gasteiger partial charge in [0.2, 0.25) is 0 Å². The van der Waals surface area contributed by atoms with Gasteiger partial charge in [0, 0.05) is 35.9 Å². The number of aliphatic hydroxyl groups excluding tert-OH is 1. The highest BCUT2D eigenvalue weighted by atomic mass is 32.2. The van der Waals surface area contributed by atoms with Gasteiger partial charge in [-0.15, -0.1) is 0 Å². The second-order valence-corrected chi connectivity index (χ2v) is 9.68. The molecule has 2 heterocycles. The van der Waals surface area contributed by atoms with Crippen LogP contribution in [0.3, 0.4) is 0 Å². The van der Waals surface area contributed by atoms with E-state index in [1.54, 1.807) is 0 Å². The molecular formula is C23H33BNO5S. The van der Waals surface area contributed by atoms with Crippen LogP contribution in [0.5, 0.6) is 0 Å². The third-order valence-corrected chi connectivity index (χ3v) is 7.23. The number of hydrogen-bond donors (Lipinski definition) is 3. The van der Waals surface area contributed by atoms with E-state index >= 15 is 0 Å². The Morgan fingerprint density at radius 2 is 2.23 bits per heavy atom. The fraction of sp³-hybridized carbons (Fsp3) is 0.609. The summed E-state index contributed by atoms with van der Waals surface area (Å²) in [4.78, 5) is 0. The third-order valence-electron chi connectivity index (χ3n) is 5.93. The van der Waals surface area contributed by atoms with Crippen LogP contribution in [0.2, 0.25) is 0 Å². The van der Waals surface area contributed by atoms with Crippen molar-refractivity contribution in [3.63, 3.8) is 0 Å². The number of allylic oxidation sites excluding steroid dienone is 3. The van der Waals surface area contributed by atoms with Crippen LogP contribution in [-0.4, -0.2) is 66.6 Å². The average Bonchev–Trinajstić information content (AvgIpc) is 2.94. The predicted molar refractivity (Wildman–Crippen MR) is 127 cm³/mol. The molecule has 169 valence electrons. The molecule has 6 nitrogen and oxygen atoms in total. The van der Waals surface area contributed by atoms with E-state index in [0.29, 0.717) is 31.4 Å². The topological polar surface area (TPSA) is 80.2 Å². The van der Waals surface area contributed by atoms with Crippen molar-refractivity contribution in [1.29, 1.82) is 0 Å². The summed E-state index contributed by atoms with van der Waals surface area (Å²) in [6.07, 6.45) is 6.83. The molecule has 0 aromatic heterocycles. The van der Waals surface area contributed by atoms with Gasteiger partial charge in [-0.3, -0.25) is 0 Å². The molecular weight excluding hydrogens is 413 g/mol. The molecule has 3 aliphatic rings. The number of rotatable bonds is 5. The van der Waals surface area contributed by atoms with Gasteiger partial charge in [-0.25, -0.2) is 0 Å². The molecule has 6 atom stereocenters. The van der Waals surface area contributed by atoms with E-state index in [1.807, 2.05) is 44.5 Å². The summed E-state index contributed by atoms with van der Waals surface area (Å²) < 4.78 is 17.7. The summed E-state index contributed by atoms with van der Waals surface area (Å²) in [7, 11) is 4.91. The van der Waals surface area contributed by atoms with Crippen molar-refractivity contribution in [2.24, 2.45) is 0 Å². The fourth-order valence-corrected chi connectivity index (χ4v) is 5.34. The lowest BCUT2D eigenvalue weighted by Gasteiger charge is -2.37. The zero-order valence-electron chi connectivity index (χ0n) is 18.6. The number of aliphatic hydroxyl groups is 2. The molecule has 31 heavy (non-hydrogen) atoms. The van der Waals surface area contributed by atoms with Gasteiger partial charge in [-0.2, -0.15) is 0 Å². The smallest absolute Gasteiger partial charge is 0.291 e. The molecule has 0 aromatic carbocycles. The molecule has 5 unspecified atom stereocenters. The molecule has 2 aliphatic heterocycles. The normalized spacial score (nSPS) is 37.3. The Bertz CT molecular complexity index is 833. The van der Waals surface area contributed by atoms with E-state index in [4.69, 9.17) is 13.6 Å². The molecule has 0 aromatic rings. The van der Waals surface area contributed by atoms with Gasteiger partial charge in [-0.05, 0) is 44.3 Å². The summed E-state index contributed by atoms with van der Waals surface area (Å²) in [5.41, 5.74) is 1.37. The molecule has 3 N–H and O–H groups in total. The van der Waals surface area contributed by atoms with Gasteiger partial charge in [-0.1, -0.05) is 41.7 Å². The maximum Gasteiger partial charge on any atom is 0.291 e. The van der Waals surface area contributed by atoms with E-state index < -0.39 is 34.9 Å².